The maximum atomic E-state index is 13.2. The summed E-state index contributed by atoms with van der Waals surface area (Å²) in [5.74, 6) is -1.74. The predicted molar refractivity (Wildman–Crippen MR) is 241 cm³/mol. The summed E-state index contributed by atoms with van der Waals surface area (Å²) in [4.78, 5) is 68.6. The zero-order valence-corrected chi connectivity index (χ0v) is 35.2. The number of hydrogen-bond donors (Lipinski definition) is 3. The third kappa shape index (κ3) is 9.15. The fourth-order valence-corrected chi connectivity index (χ4v) is 6.98. The minimum Gasteiger partial charge on any atom is -0.407 e. The van der Waals surface area contributed by atoms with Gasteiger partial charge in [0.25, 0.3) is 11.8 Å². The Hall–Kier alpha value is -8.30. The van der Waals surface area contributed by atoms with Gasteiger partial charge < -0.3 is 24.6 Å². The molecular weight excluding hydrogens is 813 g/mol. The second-order valence-electron chi connectivity index (χ2n) is 15.2. The summed E-state index contributed by atoms with van der Waals surface area (Å²) in [7, 11) is 0. The van der Waals surface area contributed by atoms with Crippen LogP contribution in [0.15, 0.2) is 159 Å². The highest BCUT2D eigenvalue weighted by Crippen LogP contribution is 2.27. The summed E-state index contributed by atoms with van der Waals surface area (Å²) in [6, 6.07) is 31.5. The van der Waals surface area contributed by atoms with Gasteiger partial charge in [-0.05, 0) is 112 Å². The molecule has 5 aromatic heterocycles. The molecule has 4 aromatic carbocycles. The van der Waals surface area contributed by atoms with Gasteiger partial charge in [-0.2, -0.15) is 0 Å². The molecule has 0 saturated carbocycles. The zero-order valence-electron chi connectivity index (χ0n) is 35.2. The number of carbonyl (C=O) groups excluding carboxylic acids is 2. The number of aryl methyl sites for hydroxylation is 2. The summed E-state index contributed by atoms with van der Waals surface area (Å²) < 4.78 is 13.7. The number of benzene rings is 4. The van der Waals surface area contributed by atoms with E-state index in [2.05, 4.69) is 30.6 Å². The maximum Gasteiger partial charge on any atom is 0.424 e. The van der Waals surface area contributed by atoms with Crippen molar-refractivity contribution in [2.45, 2.75) is 39.8 Å². The number of rotatable bonds is 10. The van der Waals surface area contributed by atoms with Gasteiger partial charge >= 0.3 is 11.5 Å². The van der Waals surface area contributed by atoms with Gasteiger partial charge in [-0.15, -0.1) is 0 Å². The molecule has 0 aliphatic rings. The van der Waals surface area contributed by atoms with Crippen LogP contribution in [0, 0.1) is 13.8 Å². The smallest absolute Gasteiger partial charge is 0.407 e. The van der Waals surface area contributed by atoms with Gasteiger partial charge in [-0.1, -0.05) is 36.4 Å². The molecule has 9 rings (SSSR count). The Morgan fingerprint density at radius 2 is 1.12 bits per heavy atom. The van der Waals surface area contributed by atoms with Crippen LogP contribution < -0.4 is 22.1 Å². The van der Waals surface area contributed by atoms with Gasteiger partial charge in [-0.3, -0.25) is 29.5 Å². The number of aliphatic hydroxyl groups excluding tert-OH is 1. The van der Waals surface area contributed by atoms with Crippen LogP contribution in [0.25, 0.3) is 56.1 Å². The number of aromatic nitrogens is 6. The van der Waals surface area contributed by atoms with Crippen LogP contribution in [-0.2, 0) is 0 Å². The highest BCUT2D eigenvalue weighted by atomic mass is 16.4. The first-order valence-electron chi connectivity index (χ1n) is 20.3. The third-order valence-corrected chi connectivity index (χ3v) is 10.3. The zero-order chi connectivity index (χ0) is 44.9. The minimum atomic E-state index is -0.541. The van der Waals surface area contributed by atoms with Crippen molar-refractivity contribution in [2.24, 2.45) is 0 Å². The monoisotopic (exact) mass is 854 g/mol. The van der Waals surface area contributed by atoms with E-state index in [9.17, 15) is 24.3 Å². The van der Waals surface area contributed by atoms with Crippen molar-refractivity contribution in [1.29, 1.82) is 0 Å². The van der Waals surface area contributed by atoms with E-state index in [0.717, 1.165) is 11.1 Å². The van der Waals surface area contributed by atoms with Crippen LogP contribution in [0.4, 0.5) is 0 Å². The molecule has 1 unspecified atom stereocenters. The van der Waals surface area contributed by atoms with Crippen LogP contribution in [0.2, 0.25) is 0 Å². The quantitative estimate of drug-likeness (QED) is 0.125. The molecule has 0 aliphatic carbocycles. The second-order valence-corrected chi connectivity index (χ2v) is 15.2. The van der Waals surface area contributed by atoms with E-state index < -0.39 is 17.6 Å². The highest BCUT2D eigenvalue weighted by molar-refractivity contribution is 5.97. The molecule has 15 nitrogen and oxygen atoms in total. The predicted octanol–water partition coefficient (Wildman–Crippen LogP) is 7.30. The third-order valence-electron chi connectivity index (χ3n) is 10.3. The van der Waals surface area contributed by atoms with Crippen LogP contribution in [0.1, 0.15) is 57.4 Å². The van der Waals surface area contributed by atoms with E-state index >= 15 is 0 Å². The summed E-state index contributed by atoms with van der Waals surface area (Å²) >= 11 is 0. The summed E-state index contributed by atoms with van der Waals surface area (Å²) in [6.45, 7) is 7.26. The molecule has 64 heavy (non-hydrogen) atoms. The SMILES string of the molecule is Cc1ccc(-c2cc(C(=O)NC(C)c3cnccn3)cc(-n3c(=O)oc4ccccc43)c2)nc1.Cc1ccc(-c2cc(C(=O)N[C@@H](C)CO)cc(-n3c(=O)oc4ccccc43)c2)nc1. The number of pyridine rings is 2. The van der Waals surface area contributed by atoms with Crippen LogP contribution in [0.3, 0.4) is 0 Å². The van der Waals surface area contributed by atoms with Crippen LogP contribution in [0.5, 0.6) is 0 Å². The first kappa shape index (κ1) is 42.4. The molecule has 15 heteroatoms. The summed E-state index contributed by atoms with van der Waals surface area (Å²) in [6.07, 6.45) is 8.28. The molecule has 0 radical (unpaired) electrons. The summed E-state index contributed by atoms with van der Waals surface area (Å²) in [5.41, 5.74) is 9.29. The maximum absolute atomic E-state index is 13.2. The first-order chi connectivity index (χ1) is 30.9. The Labute approximate surface area is 365 Å². The van der Waals surface area contributed by atoms with Gasteiger partial charge in [0.1, 0.15) is 0 Å². The Balaban J connectivity index is 0.000000176. The van der Waals surface area contributed by atoms with E-state index in [1.165, 1.54) is 9.13 Å². The lowest BCUT2D eigenvalue weighted by molar-refractivity contribution is 0.0919. The molecule has 320 valence electrons. The lowest BCUT2D eigenvalue weighted by atomic mass is 10.0. The fraction of sp³-hybridized carbons (Fsp3) is 0.143. The molecule has 3 N–H and O–H groups in total. The van der Waals surface area contributed by atoms with Crippen molar-refractivity contribution in [1.82, 2.24) is 39.7 Å². The number of amides is 2. The van der Waals surface area contributed by atoms with Gasteiger partial charge in [0.15, 0.2) is 11.2 Å². The van der Waals surface area contributed by atoms with Crippen molar-refractivity contribution < 1.29 is 23.5 Å². The lowest BCUT2D eigenvalue weighted by Gasteiger charge is -2.15. The van der Waals surface area contributed by atoms with E-state index in [4.69, 9.17) is 8.83 Å². The number of carbonyl (C=O) groups is 2. The van der Waals surface area contributed by atoms with Gasteiger partial charge in [-0.25, -0.2) is 18.7 Å². The minimum absolute atomic E-state index is 0.177. The average molecular weight is 855 g/mol. The number of oxazole rings is 2. The van der Waals surface area contributed by atoms with E-state index in [1.54, 1.807) is 105 Å². The molecule has 0 saturated heterocycles. The van der Waals surface area contributed by atoms with Gasteiger partial charge in [0, 0.05) is 53.1 Å². The second kappa shape index (κ2) is 18.4. The molecule has 0 aliphatic heterocycles. The molecule has 9 aromatic rings. The van der Waals surface area contributed by atoms with Crippen molar-refractivity contribution >= 4 is 34.0 Å². The Bertz CT molecular complexity index is 3250. The molecule has 5 heterocycles. The number of nitrogens with zero attached hydrogens (tertiary/aromatic N) is 6. The standard InChI is InChI=1S/C26H21N5O3.C23H21N3O4/c1-16-7-8-21(29-14-16)18-11-19(25(32)30-17(2)22-15-27-9-10-28-22)13-20(12-18)31-23-5-3-4-6-24(23)34-26(31)33;1-14-7-8-19(24-12-14)16-9-17(22(28)25-15(2)13-27)11-18(10-16)26-20-5-3-4-6-21(20)30-23(26)29/h3-15,17H,1-2H3,(H,30,32);3-12,15,27H,13H2,1-2H3,(H,25,28)/t;15-/m.0/s1. The molecule has 0 spiro atoms. The number of aliphatic hydroxyl groups is 1. The molecule has 0 fully saturated rings. The Morgan fingerprint density at radius 1 is 0.625 bits per heavy atom. The lowest BCUT2D eigenvalue weighted by Crippen LogP contribution is -2.35. The van der Waals surface area contributed by atoms with Crippen molar-refractivity contribution in [3.8, 4) is 33.9 Å². The fourth-order valence-electron chi connectivity index (χ4n) is 6.98. The highest BCUT2D eigenvalue weighted by Gasteiger charge is 2.20. The largest absolute Gasteiger partial charge is 0.424 e. The molecule has 2 atom stereocenters. The number of fused-ring (bicyclic) bond motifs is 2. The van der Waals surface area contributed by atoms with E-state index in [0.29, 0.717) is 72.9 Å². The number of para-hydroxylation sites is 4. The van der Waals surface area contributed by atoms with Gasteiger partial charge in [0.2, 0.25) is 0 Å². The molecular formula is C49H42N8O7. The Kier molecular flexibility index (Phi) is 12.2. The van der Waals surface area contributed by atoms with E-state index in [1.807, 2.05) is 63.2 Å². The average Bonchev–Trinajstić information content (AvgIpc) is 3.84. The van der Waals surface area contributed by atoms with Crippen LogP contribution >= 0.6 is 0 Å². The topological polar surface area (TPSA) is 200 Å². The number of hydrogen-bond acceptors (Lipinski definition) is 11. The molecule has 2 amide bonds. The number of nitrogens with one attached hydrogen (secondary N) is 2. The summed E-state index contributed by atoms with van der Waals surface area (Å²) in [5, 5.41) is 15.0. The van der Waals surface area contributed by atoms with Crippen LogP contribution in [-0.4, -0.2) is 58.6 Å². The van der Waals surface area contributed by atoms with E-state index in [-0.39, 0.29) is 24.5 Å². The Morgan fingerprint density at radius 3 is 1.58 bits per heavy atom. The van der Waals surface area contributed by atoms with Gasteiger partial charge in [0.05, 0.1) is 58.3 Å². The first-order valence-corrected chi connectivity index (χ1v) is 20.3. The van der Waals surface area contributed by atoms with Crippen molar-refractivity contribution in [3.05, 3.63) is 189 Å². The van der Waals surface area contributed by atoms with Crippen molar-refractivity contribution in [2.75, 3.05) is 6.61 Å². The normalized spacial score (nSPS) is 12.0. The molecule has 0 bridgehead atoms. The van der Waals surface area contributed by atoms with Crippen molar-refractivity contribution in [3.63, 3.8) is 0 Å².